The third kappa shape index (κ3) is 2.51. The van der Waals surface area contributed by atoms with Gasteiger partial charge in [-0.15, -0.1) is 0 Å². The first-order valence-corrected chi connectivity index (χ1v) is 8.60. The SMILES string of the molecule is CCOc1ccc2c(c1)[C@@H]1C=CC[C@H]1[C@H](c1ccccc1Cl)N2. The van der Waals surface area contributed by atoms with Gasteiger partial charge >= 0.3 is 0 Å². The lowest BCUT2D eigenvalue weighted by Gasteiger charge is -2.38. The molecular weight excluding hydrogens is 306 g/mol. The van der Waals surface area contributed by atoms with E-state index in [0.29, 0.717) is 18.4 Å². The fraction of sp³-hybridized carbons (Fsp3) is 0.300. The Kier molecular flexibility index (Phi) is 3.78. The molecule has 1 aliphatic carbocycles. The molecule has 0 bridgehead atoms. The Morgan fingerprint density at radius 2 is 2.04 bits per heavy atom. The Bertz CT molecular complexity index is 755. The third-order valence-electron chi connectivity index (χ3n) is 4.89. The molecule has 2 aliphatic rings. The van der Waals surface area contributed by atoms with Crippen molar-refractivity contribution >= 4 is 17.3 Å². The molecule has 0 unspecified atom stereocenters. The molecule has 4 rings (SSSR count). The number of anilines is 1. The maximum atomic E-state index is 6.46. The summed E-state index contributed by atoms with van der Waals surface area (Å²) in [4.78, 5) is 0. The zero-order valence-electron chi connectivity index (χ0n) is 13.1. The van der Waals surface area contributed by atoms with E-state index >= 15 is 0 Å². The summed E-state index contributed by atoms with van der Waals surface area (Å²) >= 11 is 6.46. The highest BCUT2D eigenvalue weighted by Gasteiger charge is 2.38. The van der Waals surface area contributed by atoms with Crippen molar-refractivity contribution in [1.82, 2.24) is 0 Å². The molecule has 2 aromatic rings. The number of benzene rings is 2. The van der Waals surface area contributed by atoms with E-state index in [4.69, 9.17) is 16.3 Å². The van der Waals surface area contributed by atoms with Gasteiger partial charge in [0.15, 0.2) is 0 Å². The van der Waals surface area contributed by atoms with Gasteiger partial charge in [-0.25, -0.2) is 0 Å². The summed E-state index contributed by atoms with van der Waals surface area (Å²) in [5, 5.41) is 4.55. The van der Waals surface area contributed by atoms with Gasteiger partial charge in [0.05, 0.1) is 12.6 Å². The number of allylic oxidation sites excluding steroid dienone is 2. The summed E-state index contributed by atoms with van der Waals surface area (Å²) in [7, 11) is 0. The number of hydrogen-bond donors (Lipinski definition) is 1. The molecule has 0 amide bonds. The van der Waals surface area contributed by atoms with Crippen molar-refractivity contribution in [2.24, 2.45) is 5.92 Å². The highest BCUT2D eigenvalue weighted by Crippen LogP contribution is 2.51. The molecule has 3 heteroatoms. The van der Waals surface area contributed by atoms with Crippen LogP contribution >= 0.6 is 11.6 Å². The molecule has 0 radical (unpaired) electrons. The quantitative estimate of drug-likeness (QED) is 0.745. The van der Waals surface area contributed by atoms with Crippen LogP contribution in [0.5, 0.6) is 5.75 Å². The second-order valence-corrected chi connectivity index (χ2v) is 6.59. The maximum absolute atomic E-state index is 6.46. The molecule has 118 valence electrons. The minimum Gasteiger partial charge on any atom is -0.494 e. The van der Waals surface area contributed by atoms with Crippen LogP contribution in [0.3, 0.4) is 0 Å². The van der Waals surface area contributed by atoms with Crippen LogP contribution in [0.2, 0.25) is 5.02 Å². The Morgan fingerprint density at radius 3 is 2.87 bits per heavy atom. The second kappa shape index (κ2) is 5.93. The number of halogens is 1. The van der Waals surface area contributed by atoms with Crippen LogP contribution in [0.4, 0.5) is 5.69 Å². The van der Waals surface area contributed by atoms with Gasteiger partial charge in [-0.1, -0.05) is 42.0 Å². The normalized spacial score (nSPS) is 24.7. The van der Waals surface area contributed by atoms with Crippen molar-refractivity contribution in [3.05, 3.63) is 70.8 Å². The highest BCUT2D eigenvalue weighted by atomic mass is 35.5. The average Bonchev–Trinajstić information content (AvgIpc) is 3.05. The first-order valence-electron chi connectivity index (χ1n) is 8.22. The fourth-order valence-electron chi connectivity index (χ4n) is 3.86. The van der Waals surface area contributed by atoms with Crippen molar-refractivity contribution in [3.8, 4) is 5.75 Å². The van der Waals surface area contributed by atoms with Gasteiger partial charge in [-0.05, 0) is 54.7 Å². The van der Waals surface area contributed by atoms with Crippen LogP contribution < -0.4 is 10.1 Å². The monoisotopic (exact) mass is 325 g/mol. The molecular formula is C20H20ClNO. The van der Waals surface area contributed by atoms with Crippen molar-refractivity contribution in [2.75, 3.05) is 11.9 Å². The van der Waals surface area contributed by atoms with Gasteiger partial charge in [0.1, 0.15) is 5.75 Å². The van der Waals surface area contributed by atoms with Crippen LogP contribution in [0, 0.1) is 5.92 Å². The van der Waals surface area contributed by atoms with Crippen molar-refractivity contribution in [3.63, 3.8) is 0 Å². The number of ether oxygens (including phenoxy) is 1. The predicted octanol–water partition coefficient (Wildman–Crippen LogP) is 5.57. The first kappa shape index (κ1) is 14.6. The lowest BCUT2D eigenvalue weighted by molar-refractivity contribution is 0.338. The molecule has 0 fully saturated rings. The van der Waals surface area contributed by atoms with E-state index < -0.39 is 0 Å². The molecule has 0 aromatic heterocycles. The molecule has 23 heavy (non-hydrogen) atoms. The van der Waals surface area contributed by atoms with E-state index in [1.54, 1.807) is 0 Å². The van der Waals surface area contributed by atoms with E-state index in [-0.39, 0.29) is 6.04 Å². The van der Waals surface area contributed by atoms with Gasteiger partial charge in [0.25, 0.3) is 0 Å². The van der Waals surface area contributed by atoms with Crippen molar-refractivity contribution in [2.45, 2.75) is 25.3 Å². The topological polar surface area (TPSA) is 21.3 Å². The number of rotatable bonds is 3. The van der Waals surface area contributed by atoms with Gasteiger partial charge in [0.2, 0.25) is 0 Å². The third-order valence-corrected chi connectivity index (χ3v) is 5.23. The van der Waals surface area contributed by atoms with E-state index in [1.165, 1.54) is 16.8 Å². The van der Waals surface area contributed by atoms with Gasteiger partial charge in [-0.2, -0.15) is 0 Å². The molecule has 1 N–H and O–H groups in total. The summed E-state index contributed by atoms with van der Waals surface area (Å²) in [6.45, 7) is 2.71. The number of nitrogens with one attached hydrogen (secondary N) is 1. The van der Waals surface area contributed by atoms with Crippen LogP contribution in [0.15, 0.2) is 54.6 Å². The predicted molar refractivity (Wildman–Crippen MR) is 95.4 cm³/mol. The van der Waals surface area contributed by atoms with Crippen molar-refractivity contribution in [1.29, 1.82) is 0 Å². The van der Waals surface area contributed by atoms with Crippen LogP contribution in [0.25, 0.3) is 0 Å². The molecule has 2 nitrogen and oxygen atoms in total. The fourth-order valence-corrected chi connectivity index (χ4v) is 4.12. The Hall–Kier alpha value is -1.93. The average molecular weight is 326 g/mol. The summed E-state index contributed by atoms with van der Waals surface area (Å²) in [5.74, 6) is 1.87. The molecule has 2 aromatic carbocycles. The Morgan fingerprint density at radius 1 is 1.17 bits per heavy atom. The molecule has 1 aliphatic heterocycles. The zero-order chi connectivity index (χ0) is 15.8. The van der Waals surface area contributed by atoms with E-state index in [9.17, 15) is 0 Å². The lowest BCUT2D eigenvalue weighted by atomic mass is 9.77. The van der Waals surface area contributed by atoms with Gasteiger partial charge in [-0.3, -0.25) is 0 Å². The van der Waals surface area contributed by atoms with Crippen LogP contribution in [0.1, 0.15) is 36.4 Å². The first-order chi connectivity index (χ1) is 11.3. The summed E-state index contributed by atoms with van der Waals surface area (Å²) < 4.78 is 5.68. The molecule has 1 heterocycles. The van der Waals surface area contributed by atoms with E-state index in [1.807, 2.05) is 25.1 Å². The Balaban J connectivity index is 1.76. The molecule has 3 atom stereocenters. The smallest absolute Gasteiger partial charge is 0.119 e. The molecule has 0 spiro atoms. The minimum absolute atomic E-state index is 0.245. The number of fused-ring (bicyclic) bond motifs is 3. The summed E-state index contributed by atoms with van der Waals surface area (Å²) in [6, 6.07) is 14.8. The minimum atomic E-state index is 0.245. The van der Waals surface area contributed by atoms with E-state index in [0.717, 1.165) is 17.2 Å². The van der Waals surface area contributed by atoms with Gasteiger partial charge in [0, 0.05) is 16.6 Å². The van der Waals surface area contributed by atoms with E-state index in [2.05, 4.69) is 41.7 Å². The maximum Gasteiger partial charge on any atom is 0.119 e. The largest absolute Gasteiger partial charge is 0.494 e. The lowest BCUT2D eigenvalue weighted by Crippen LogP contribution is -2.29. The van der Waals surface area contributed by atoms with Crippen LogP contribution in [-0.4, -0.2) is 6.61 Å². The highest BCUT2D eigenvalue weighted by molar-refractivity contribution is 6.31. The zero-order valence-corrected chi connectivity index (χ0v) is 13.9. The Labute approximate surface area is 142 Å². The molecule has 0 saturated heterocycles. The molecule has 0 saturated carbocycles. The standard InChI is InChI=1S/C20H20ClNO/c1-2-23-13-10-11-19-17(12-13)14-7-5-8-15(14)20(22-19)16-6-3-4-9-18(16)21/h3-7,9-12,14-15,20,22H,2,8H2,1H3/t14-,15-,20-/m1/s1. The summed E-state index contributed by atoms with van der Waals surface area (Å²) in [5.41, 5.74) is 3.71. The van der Waals surface area contributed by atoms with Crippen molar-refractivity contribution < 1.29 is 4.74 Å². The van der Waals surface area contributed by atoms with Gasteiger partial charge < -0.3 is 10.1 Å². The number of hydrogen-bond acceptors (Lipinski definition) is 2. The summed E-state index contributed by atoms with van der Waals surface area (Å²) in [6.07, 6.45) is 5.71. The van der Waals surface area contributed by atoms with Crippen LogP contribution in [-0.2, 0) is 0 Å². The second-order valence-electron chi connectivity index (χ2n) is 6.18.